The molecule has 16 heavy (non-hydrogen) atoms. The van der Waals surface area contributed by atoms with Crippen LogP contribution in [0.25, 0.3) is 0 Å². The molecule has 0 saturated carbocycles. The highest BCUT2D eigenvalue weighted by Crippen LogP contribution is 2.44. The van der Waals surface area contributed by atoms with Crippen LogP contribution in [0.15, 0.2) is 0 Å². The first-order valence-corrected chi connectivity index (χ1v) is 6.63. The van der Waals surface area contributed by atoms with Crippen molar-refractivity contribution in [2.45, 2.75) is 72.1 Å². The quantitative estimate of drug-likeness (QED) is 0.796. The molecule has 0 spiro atoms. The molecule has 2 unspecified atom stereocenters. The number of hydrogen-bond acceptors (Lipinski definition) is 2. The molecular formula is C14H29NO. The Morgan fingerprint density at radius 2 is 1.81 bits per heavy atom. The normalized spacial score (nSPS) is 29.6. The fourth-order valence-electron chi connectivity index (χ4n) is 3.24. The summed E-state index contributed by atoms with van der Waals surface area (Å²) in [5.74, 6) is 1.25. The minimum absolute atomic E-state index is 0.0133. The van der Waals surface area contributed by atoms with E-state index in [0.717, 1.165) is 13.0 Å². The lowest BCUT2D eigenvalue weighted by atomic mass is 9.77. The molecule has 1 fully saturated rings. The molecule has 2 heteroatoms. The van der Waals surface area contributed by atoms with Gasteiger partial charge in [0, 0.05) is 12.0 Å². The fourth-order valence-corrected chi connectivity index (χ4v) is 3.24. The van der Waals surface area contributed by atoms with E-state index < -0.39 is 0 Å². The van der Waals surface area contributed by atoms with Gasteiger partial charge in [0.1, 0.15) is 0 Å². The van der Waals surface area contributed by atoms with Gasteiger partial charge in [-0.15, -0.1) is 0 Å². The average Bonchev–Trinajstić information content (AvgIpc) is 2.29. The summed E-state index contributed by atoms with van der Waals surface area (Å²) < 4.78 is 6.19. The van der Waals surface area contributed by atoms with Crippen LogP contribution in [0.3, 0.4) is 0 Å². The maximum atomic E-state index is 6.19. The van der Waals surface area contributed by atoms with E-state index in [1.807, 2.05) is 0 Å². The van der Waals surface area contributed by atoms with Crippen LogP contribution >= 0.6 is 0 Å². The van der Waals surface area contributed by atoms with E-state index in [9.17, 15) is 0 Å². The maximum Gasteiger partial charge on any atom is 0.0677 e. The van der Waals surface area contributed by atoms with Crippen LogP contribution < -0.4 is 5.32 Å². The second-order valence-electron chi connectivity index (χ2n) is 6.60. The molecule has 96 valence electrons. The Morgan fingerprint density at radius 3 is 2.12 bits per heavy atom. The predicted molar refractivity (Wildman–Crippen MR) is 69.7 cm³/mol. The van der Waals surface area contributed by atoms with E-state index in [4.69, 9.17) is 4.74 Å². The van der Waals surface area contributed by atoms with Crippen LogP contribution in [-0.2, 0) is 4.74 Å². The lowest BCUT2D eigenvalue weighted by Crippen LogP contribution is -2.47. The van der Waals surface area contributed by atoms with Gasteiger partial charge in [0.15, 0.2) is 0 Å². The Bertz CT molecular complexity index is 233. The summed E-state index contributed by atoms with van der Waals surface area (Å²) >= 11 is 0. The molecular weight excluding hydrogens is 198 g/mol. The van der Waals surface area contributed by atoms with Gasteiger partial charge in [0.05, 0.1) is 11.2 Å². The molecule has 1 rings (SSSR count). The summed E-state index contributed by atoms with van der Waals surface area (Å²) in [6.45, 7) is 16.7. The molecule has 2 atom stereocenters. The Kier molecular flexibility index (Phi) is 4.07. The summed E-state index contributed by atoms with van der Waals surface area (Å²) in [6, 6.07) is 0.557. The molecule has 0 radical (unpaired) electrons. The molecule has 0 aromatic rings. The van der Waals surface area contributed by atoms with E-state index in [2.05, 4.69) is 53.8 Å². The summed E-state index contributed by atoms with van der Waals surface area (Å²) in [7, 11) is 0. The molecule has 0 aliphatic carbocycles. The summed E-state index contributed by atoms with van der Waals surface area (Å²) in [5.41, 5.74) is 0.0112. The van der Waals surface area contributed by atoms with Gasteiger partial charge in [0.25, 0.3) is 0 Å². The van der Waals surface area contributed by atoms with E-state index in [0.29, 0.717) is 17.9 Å². The molecule has 0 aromatic heterocycles. The molecule has 1 aliphatic heterocycles. The first-order chi connectivity index (χ1) is 7.19. The monoisotopic (exact) mass is 227 g/mol. The third kappa shape index (κ3) is 2.98. The highest BCUT2D eigenvalue weighted by molar-refractivity contribution is 5.00. The van der Waals surface area contributed by atoms with Crippen molar-refractivity contribution in [1.82, 2.24) is 5.32 Å². The first kappa shape index (κ1) is 14.0. The highest BCUT2D eigenvalue weighted by Gasteiger charge is 2.49. The van der Waals surface area contributed by atoms with Crippen LogP contribution in [0.2, 0.25) is 0 Å². The number of hydrogen-bond donors (Lipinski definition) is 1. The number of nitrogens with one attached hydrogen (secondary N) is 1. The summed E-state index contributed by atoms with van der Waals surface area (Å²) in [6.07, 6.45) is 1.15. The zero-order valence-corrected chi connectivity index (χ0v) is 12.1. The molecule has 0 aromatic carbocycles. The van der Waals surface area contributed by atoms with Crippen LogP contribution in [0.5, 0.6) is 0 Å². The minimum Gasteiger partial charge on any atom is -0.369 e. The van der Waals surface area contributed by atoms with Crippen molar-refractivity contribution in [3.63, 3.8) is 0 Å². The second kappa shape index (κ2) is 4.66. The minimum atomic E-state index is -0.0133. The summed E-state index contributed by atoms with van der Waals surface area (Å²) in [4.78, 5) is 0. The first-order valence-electron chi connectivity index (χ1n) is 6.63. The van der Waals surface area contributed by atoms with Gasteiger partial charge < -0.3 is 10.1 Å². The Hall–Kier alpha value is -0.0800. The van der Waals surface area contributed by atoms with E-state index in [1.54, 1.807) is 0 Å². The third-order valence-corrected chi connectivity index (χ3v) is 3.74. The van der Waals surface area contributed by atoms with Crippen molar-refractivity contribution >= 4 is 0 Å². The third-order valence-electron chi connectivity index (χ3n) is 3.74. The molecule has 2 nitrogen and oxygen atoms in total. The SMILES string of the molecule is CCNC(C(C)C)C1CC(C)(C)OC1(C)C. The van der Waals surface area contributed by atoms with Crippen LogP contribution in [0.4, 0.5) is 0 Å². The van der Waals surface area contributed by atoms with E-state index >= 15 is 0 Å². The van der Waals surface area contributed by atoms with E-state index in [1.165, 1.54) is 0 Å². The van der Waals surface area contributed by atoms with Gasteiger partial charge in [-0.2, -0.15) is 0 Å². The lowest BCUT2D eigenvalue weighted by molar-refractivity contribution is -0.0791. The Balaban J connectivity index is 2.84. The van der Waals surface area contributed by atoms with Gasteiger partial charge >= 0.3 is 0 Å². The van der Waals surface area contributed by atoms with Gasteiger partial charge in [-0.25, -0.2) is 0 Å². The van der Waals surface area contributed by atoms with Crippen molar-refractivity contribution in [2.75, 3.05) is 6.54 Å². The fraction of sp³-hybridized carbons (Fsp3) is 1.00. The predicted octanol–water partition coefficient (Wildman–Crippen LogP) is 3.21. The average molecular weight is 227 g/mol. The molecule has 1 N–H and O–H groups in total. The largest absolute Gasteiger partial charge is 0.369 e. The Labute approximate surface area is 101 Å². The van der Waals surface area contributed by atoms with Gasteiger partial charge in [-0.3, -0.25) is 0 Å². The van der Waals surface area contributed by atoms with Crippen LogP contribution in [-0.4, -0.2) is 23.8 Å². The molecule has 1 heterocycles. The lowest BCUT2D eigenvalue weighted by Gasteiger charge is -2.35. The van der Waals surface area contributed by atoms with Crippen molar-refractivity contribution in [1.29, 1.82) is 0 Å². The molecule has 1 aliphatic rings. The van der Waals surface area contributed by atoms with Crippen molar-refractivity contribution < 1.29 is 4.74 Å². The molecule has 0 amide bonds. The summed E-state index contributed by atoms with van der Waals surface area (Å²) in [5, 5.41) is 3.64. The standard InChI is InChI=1S/C14H29NO/c1-8-15-12(10(2)3)11-9-13(4,5)16-14(11,6)7/h10-12,15H,8-9H2,1-7H3. The smallest absolute Gasteiger partial charge is 0.0677 e. The van der Waals surface area contributed by atoms with Crippen molar-refractivity contribution in [2.24, 2.45) is 11.8 Å². The highest BCUT2D eigenvalue weighted by atomic mass is 16.5. The Morgan fingerprint density at radius 1 is 1.25 bits per heavy atom. The van der Waals surface area contributed by atoms with Crippen molar-refractivity contribution in [3.8, 4) is 0 Å². The van der Waals surface area contributed by atoms with E-state index in [-0.39, 0.29) is 11.2 Å². The van der Waals surface area contributed by atoms with Gasteiger partial charge in [-0.1, -0.05) is 20.8 Å². The van der Waals surface area contributed by atoms with Crippen LogP contribution in [0, 0.1) is 11.8 Å². The van der Waals surface area contributed by atoms with Gasteiger partial charge in [0.2, 0.25) is 0 Å². The molecule has 1 saturated heterocycles. The number of rotatable bonds is 4. The topological polar surface area (TPSA) is 21.3 Å². The van der Waals surface area contributed by atoms with Crippen LogP contribution in [0.1, 0.15) is 54.9 Å². The zero-order chi connectivity index (χ0) is 12.6. The zero-order valence-electron chi connectivity index (χ0n) is 12.1. The maximum absolute atomic E-state index is 6.19. The van der Waals surface area contributed by atoms with Crippen molar-refractivity contribution in [3.05, 3.63) is 0 Å². The number of ether oxygens (including phenoxy) is 1. The van der Waals surface area contributed by atoms with Gasteiger partial charge in [-0.05, 0) is 46.6 Å². The molecule has 0 bridgehead atoms. The second-order valence-corrected chi connectivity index (χ2v) is 6.60.